The van der Waals surface area contributed by atoms with Crippen LogP contribution in [-0.4, -0.2) is 37.6 Å². The van der Waals surface area contributed by atoms with Crippen LogP contribution in [0.4, 0.5) is 0 Å². The van der Waals surface area contributed by atoms with E-state index in [4.69, 9.17) is 4.74 Å². The number of hydrogen-bond donors (Lipinski definition) is 2. The molecule has 124 valence electrons. The first-order valence-corrected chi connectivity index (χ1v) is 8.44. The Labute approximate surface area is 136 Å². The molecule has 1 aromatic carbocycles. The van der Waals surface area contributed by atoms with Crippen molar-refractivity contribution in [3.63, 3.8) is 0 Å². The van der Waals surface area contributed by atoms with Gasteiger partial charge in [-0.2, -0.15) is 0 Å². The molecule has 1 aromatic rings. The van der Waals surface area contributed by atoms with Crippen LogP contribution in [0.5, 0.6) is 0 Å². The minimum atomic E-state index is -0.591. The number of hydrogen-bond acceptors (Lipinski definition) is 3. The summed E-state index contributed by atoms with van der Waals surface area (Å²) in [6, 6.07) is 9.44. The molecule has 2 aliphatic rings. The van der Waals surface area contributed by atoms with Crippen molar-refractivity contribution in [3.8, 4) is 0 Å². The van der Waals surface area contributed by atoms with Gasteiger partial charge in [-0.3, -0.25) is 9.59 Å². The third kappa shape index (κ3) is 3.39. The van der Waals surface area contributed by atoms with Crippen molar-refractivity contribution < 1.29 is 14.3 Å². The van der Waals surface area contributed by atoms with Gasteiger partial charge < -0.3 is 15.4 Å². The number of carbonyl (C=O) groups excluding carboxylic acids is 2. The highest BCUT2D eigenvalue weighted by atomic mass is 16.5. The lowest BCUT2D eigenvalue weighted by Crippen LogP contribution is -2.54. The average Bonchev–Trinajstić information content (AvgIpc) is 2.81. The molecule has 1 atom stereocenters. The SMILES string of the molecule is O=C1NCCCCC1NC(=O)C1(c2ccccc2)CCOCC1. The summed E-state index contributed by atoms with van der Waals surface area (Å²) >= 11 is 0. The largest absolute Gasteiger partial charge is 0.381 e. The summed E-state index contributed by atoms with van der Waals surface area (Å²) in [7, 11) is 0. The molecule has 0 aromatic heterocycles. The van der Waals surface area contributed by atoms with Gasteiger partial charge in [-0.05, 0) is 37.7 Å². The van der Waals surface area contributed by atoms with Crippen molar-refractivity contribution in [2.24, 2.45) is 0 Å². The van der Waals surface area contributed by atoms with E-state index in [0.29, 0.717) is 39.0 Å². The average molecular weight is 316 g/mol. The van der Waals surface area contributed by atoms with Gasteiger partial charge in [0.25, 0.3) is 0 Å². The van der Waals surface area contributed by atoms with E-state index in [2.05, 4.69) is 10.6 Å². The molecule has 0 bridgehead atoms. The monoisotopic (exact) mass is 316 g/mol. The van der Waals surface area contributed by atoms with Crippen LogP contribution >= 0.6 is 0 Å². The van der Waals surface area contributed by atoms with Gasteiger partial charge in [0, 0.05) is 19.8 Å². The van der Waals surface area contributed by atoms with E-state index in [9.17, 15) is 9.59 Å². The van der Waals surface area contributed by atoms with Gasteiger partial charge in [0.2, 0.25) is 11.8 Å². The fourth-order valence-corrected chi connectivity index (χ4v) is 3.50. The fourth-order valence-electron chi connectivity index (χ4n) is 3.50. The van der Waals surface area contributed by atoms with Gasteiger partial charge >= 0.3 is 0 Å². The van der Waals surface area contributed by atoms with E-state index < -0.39 is 11.5 Å². The molecule has 2 heterocycles. The van der Waals surface area contributed by atoms with E-state index in [1.807, 2.05) is 30.3 Å². The van der Waals surface area contributed by atoms with Crippen LogP contribution in [0.15, 0.2) is 30.3 Å². The van der Waals surface area contributed by atoms with Crippen LogP contribution in [0.3, 0.4) is 0 Å². The molecule has 2 aliphatic heterocycles. The fraction of sp³-hybridized carbons (Fsp3) is 0.556. The molecular weight excluding hydrogens is 292 g/mol. The second kappa shape index (κ2) is 7.13. The number of ether oxygens (including phenoxy) is 1. The van der Waals surface area contributed by atoms with Gasteiger partial charge in [-0.15, -0.1) is 0 Å². The molecule has 2 amide bonds. The molecule has 0 radical (unpaired) electrons. The molecule has 5 heteroatoms. The molecule has 0 aliphatic carbocycles. The molecule has 5 nitrogen and oxygen atoms in total. The summed E-state index contributed by atoms with van der Waals surface area (Å²) in [4.78, 5) is 25.2. The summed E-state index contributed by atoms with van der Waals surface area (Å²) in [5.41, 5.74) is 0.418. The maximum absolute atomic E-state index is 13.1. The van der Waals surface area contributed by atoms with Gasteiger partial charge in [-0.25, -0.2) is 0 Å². The van der Waals surface area contributed by atoms with Crippen molar-refractivity contribution >= 4 is 11.8 Å². The molecule has 2 saturated heterocycles. The first-order valence-electron chi connectivity index (χ1n) is 8.44. The van der Waals surface area contributed by atoms with Gasteiger partial charge in [0.1, 0.15) is 6.04 Å². The Morgan fingerprint density at radius 3 is 2.65 bits per heavy atom. The topological polar surface area (TPSA) is 67.4 Å². The third-order valence-corrected chi connectivity index (χ3v) is 4.95. The van der Waals surface area contributed by atoms with Gasteiger partial charge in [-0.1, -0.05) is 30.3 Å². The number of carbonyl (C=O) groups is 2. The van der Waals surface area contributed by atoms with Crippen molar-refractivity contribution in [3.05, 3.63) is 35.9 Å². The molecule has 1 unspecified atom stereocenters. The van der Waals surface area contributed by atoms with Crippen LogP contribution in [0.1, 0.15) is 37.7 Å². The van der Waals surface area contributed by atoms with E-state index in [0.717, 1.165) is 18.4 Å². The maximum atomic E-state index is 13.1. The Hall–Kier alpha value is -1.88. The van der Waals surface area contributed by atoms with Crippen LogP contribution in [-0.2, 0) is 19.7 Å². The van der Waals surface area contributed by atoms with Crippen molar-refractivity contribution in [2.45, 2.75) is 43.6 Å². The summed E-state index contributed by atoms with van der Waals surface area (Å²) < 4.78 is 5.47. The lowest BCUT2D eigenvalue weighted by molar-refractivity contribution is -0.134. The minimum Gasteiger partial charge on any atom is -0.381 e. The lowest BCUT2D eigenvalue weighted by atomic mass is 9.73. The second-order valence-corrected chi connectivity index (χ2v) is 6.37. The number of nitrogens with one attached hydrogen (secondary N) is 2. The zero-order valence-corrected chi connectivity index (χ0v) is 13.3. The highest BCUT2D eigenvalue weighted by Crippen LogP contribution is 2.35. The normalized spacial score (nSPS) is 24.3. The Kier molecular flexibility index (Phi) is 4.96. The maximum Gasteiger partial charge on any atom is 0.242 e. The standard InChI is InChI=1S/C18H24N2O3/c21-16-15(8-4-5-11-19-16)20-17(22)18(9-12-23-13-10-18)14-6-2-1-3-7-14/h1-3,6-7,15H,4-5,8-13H2,(H,19,21)(H,20,22). The van der Waals surface area contributed by atoms with E-state index in [-0.39, 0.29) is 11.8 Å². The van der Waals surface area contributed by atoms with Gasteiger partial charge in [0.15, 0.2) is 0 Å². The number of benzene rings is 1. The number of amides is 2. The van der Waals surface area contributed by atoms with Crippen LogP contribution in [0.2, 0.25) is 0 Å². The van der Waals surface area contributed by atoms with Crippen molar-refractivity contribution in [1.29, 1.82) is 0 Å². The summed E-state index contributed by atoms with van der Waals surface area (Å²) in [6.07, 6.45) is 3.92. The molecule has 23 heavy (non-hydrogen) atoms. The highest BCUT2D eigenvalue weighted by Gasteiger charge is 2.42. The number of rotatable bonds is 3. The van der Waals surface area contributed by atoms with Crippen LogP contribution in [0.25, 0.3) is 0 Å². The van der Waals surface area contributed by atoms with E-state index >= 15 is 0 Å². The zero-order valence-electron chi connectivity index (χ0n) is 13.3. The quantitative estimate of drug-likeness (QED) is 0.888. The predicted molar refractivity (Wildman–Crippen MR) is 87.0 cm³/mol. The predicted octanol–water partition coefficient (Wildman–Crippen LogP) is 1.52. The van der Waals surface area contributed by atoms with Gasteiger partial charge in [0.05, 0.1) is 5.41 Å². The zero-order chi connectivity index (χ0) is 16.1. The Bertz CT molecular complexity index is 553. The molecule has 3 rings (SSSR count). The Morgan fingerprint density at radius 1 is 1.17 bits per heavy atom. The summed E-state index contributed by atoms with van der Waals surface area (Å²) in [5.74, 6) is -0.111. The lowest BCUT2D eigenvalue weighted by Gasteiger charge is -2.37. The van der Waals surface area contributed by atoms with Crippen molar-refractivity contribution in [1.82, 2.24) is 10.6 Å². The molecule has 2 N–H and O–H groups in total. The summed E-state index contributed by atoms with van der Waals surface area (Å²) in [6.45, 7) is 1.83. The minimum absolute atomic E-state index is 0.0472. The first kappa shape index (κ1) is 16.0. The van der Waals surface area contributed by atoms with E-state index in [1.165, 1.54) is 0 Å². The van der Waals surface area contributed by atoms with Crippen LogP contribution < -0.4 is 10.6 Å². The smallest absolute Gasteiger partial charge is 0.242 e. The molecule has 2 fully saturated rings. The first-order chi connectivity index (χ1) is 11.2. The highest BCUT2D eigenvalue weighted by molar-refractivity contribution is 5.93. The molecule has 0 saturated carbocycles. The van der Waals surface area contributed by atoms with Crippen molar-refractivity contribution in [2.75, 3.05) is 19.8 Å². The Morgan fingerprint density at radius 2 is 1.91 bits per heavy atom. The van der Waals surface area contributed by atoms with E-state index in [1.54, 1.807) is 0 Å². The molecular formula is C18H24N2O3. The summed E-state index contributed by atoms with van der Waals surface area (Å²) in [5, 5.41) is 5.89. The third-order valence-electron chi connectivity index (χ3n) is 4.95. The molecule has 0 spiro atoms. The van der Waals surface area contributed by atoms with Crippen LogP contribution in [0, 0.1) is 0 Å². The second-order valence-electron chi connectivity index (χ2n) is 6.37. The Balaban J connectivity index is 1.82.